The molecule has 2 heterocycles. The Bertz CT molecular complexity index is 339. The fourth-order valence-corrected chi connectivity index (χ4v) is 2.22. The first-order valence-electron chi connectivity index (χ1n) is 5.57. The fourth-order valence-electron chi connectivity index (χ4n) is 2.22. The van der Waals surface area contributed by atoms with Gasteiger partial charge in [0.15, 0.2) is 0 Å². The van der Waals surface area contributed by atoms with Gasteiger partial charge in [-0.25, -0.2) is 4.98 Å². The first kappa shape index (κ1) is 11.3. The van der Waals surface area contributed by atoms with Gasteiger partial charge in [-0.15, -0.1) is 0 Å². The summed E-state index contributed by atoms with van der Waals surface area (Å²) < 4.78 is 5.35. The molecule has 88 valence electrons. The van der Waals surface area contributed by atoms with Crippen LogP contribution in [0.1, 0.15) is 24.4 Å². The van der Waals surface area contributed by atoms with Gasteiger partial charge in [0.05, 0.1) is 6.04 Å². The summed E-state index contributed by atoms with van der Waals surface area (Å²) in [6.45, 7) is 1.59. The molecule has 1 saturated heterocycles. The summed E-state index contributed by atoms with van der Waals surface area (Å²) in [6.07, 6.45) is 3.70. The summed E-state index contributed by atoms with van der Waals surface area (Å²) >= 11 is 0. The van der Waals surface area contributed by atoms with Crippen molar-refractivity contribution in [3.05, 3.63) is 23.9 Å². The molecule has 5 N–H and O–H groups in total. The maximum absolute atomic E-state index is 5.87. The second-order valence-corrected chi connectivity index (χ2v) is 4.07. The molecule has 0 bridgehead atoms. The summed E-state index contributed by atoms with van der Waals surface area (Å²) in [4.78, 5) is 4.09. The lowest BCUT2D eigenvalue weighted by Gasteiger charge is -2.30. The van der Waals surface area contributed by atoms with E-state index >= 15 is 0 Å². The van der Waals surface area contributed by atoms with Gasteiger partial charge in [-0.3, -0.25) is 11.3 Å². The molecule has 5 heteroatoms. The van der Waals surface area contributed by atoms with E-state index < -0.39 is 0 Å². The van der Waals surface area contributed by atoms with E-state index in [4.69, 9.17) is 16.3 Å². The summed E-state index contributed by atoms with van der Waals surface area (Å²) in [5.74, 6) is 6.65. The van der Waals surface area contributed by atoms with Crippen LogP contribution in [0.25, 0.3) is 0 Å². The van der Waals surface area contributed by atoms with Gasteiger partial charge in [-0.1, -0.05) is 6.07 Å². The first-order chi connectivity index (χ1) is 7.83. The number of aromatic nitrogens is 1. The molecule has 0 amide bonds. The minimum Gasteiger partial charge on any atom is -0.383 e. The lowest BCUT2D eigenvalue weighted by atomic mass is 9.88. The fraction of sp³-hybridized carbons (Fsp3) is 0.545. The first-order valence-corrected chi connectivity index (χ1v) is 5.57. The van der Waals surface area contributed by atoms with Crippen molar-refractivity contribution in [1.29, 1.82) is 0 Å². The highest BCUT2D eigenvalue weighted by Gasteiger charge is 2.26. The number of nitrogens with zero attached hydrogens (tertiary/aromatic N) is 1. The van der Waals surface area contributed by atoms with Gasteiger partial charge in [0, 0.05) is 25.0 Å². The number of hydrogen-bond donors (Lipinski definition) is 3. The van der Waals surface area contributed by atoms with Crippen LogP contribution in [0, 0.1) is 5.92 Å². The number of nitrogen functional groups attached to an aromatic ring is 1. The highest BCUT2D eigenvalue weighted by Crippen LogP contribution is 2.31. The quantitative estimate of drug-likeness (QED) is 0.515. The number of pyridine rings is 1. The van der Waals surface area contributed by atoms with Gasteiger partial charge in [0.25, 0.3) is 0 Å². The Morgan fingerprint density at radius 3 is 2.81 bits per heavy atom. The van der Waals surface area contributed by atoms with Crippen LogP contribution in [-0.2, 0) is 4.74 Å². The molecule has 1 aliphatic rings. The summed E-state index contributed by atoms with van der Waals surface area (Å²) in [6, 6.07) is 3.93. The molecule has 0 saturated carbocycles. The highest BCUT2D eigenvalue weighted by molar-refractivity contribution is 5.41. The third kappa shape index (κ3) is 2.32. The molecule has 0 spiro atoms. The van der Waals surface area contributed by atoms with Crippen molar-refractivity contribution in [3.8, 4) is 0 Å². The molecule has 1 fully saturated rings. The molecule has 5 nitrogen and oxygen atoms in total. The van der Waals surface area contributed by atoms with Gasteiger partial charge >= 0.3 is 0 Å². The van der Waals surface area contributed by atoms with Gasteiger partial charge in [0.2, 0.25) is 0 Å². The van der Waals surface area contributed by atoms with Gasteiger partial charge in [-0.2, -0.15) is 0 Å². The Morgan fingerprint density at radius 1 is 1.44 bits per heavy atom. The van der Waals surface area contributed by atoms with E-state index in [0.29, 0.717) is 11.7 Å². The normalized spacial score (nSPS) is 19.6. The second kappa shape index (κ2) is 5.25. The molecule has 1 aliphatic heterocycles. The number of hydrogen-bond acceptors (Lipinski definition) is 5. The zero-order valence-electron chi connectivity index (χ0n) is 9.23. The summed E-state index contributed by atoms with van der Waals surface area (Å²) in [5, 5.41) is 0. The Labute approximate surface area is 95.1 Å². The number of nitrogens with two attached hydrogens (primary N) is 2. The highest BCUT2D eigenvalue weighted by atomic mass is 16.5. The van der Waals surface area contributed by atoms with Crippen LogP contribution in [0.5, 0.6) is 0 Å². The van der Waals surface area contributed by atoms with E-state index in [1.54, 1.807) is 6.20 Å². The number of hydrazine groups is 1. The third-order valence-corrected chi connectivity index (χ3v) is 3.12. The van der Waals surface area contributed by atoms with Crippen LogP contribution >= 0.6 is 0 Å². The zero-order valence-corrected chi connectivity index (χ0v) is 9.23. The maximum atomic E-state index is 5.87. The number of rotatable bonds is 3. The zero-order chi connectivity index (χ0) is 11.4. The van der Waals surface area contributed by atoms with E-state index in [1.807, 2.05) is 12.1 Å². The van der Waals surface area contributed by atoms with Crippen LogP contribution in [0.15, 0.2) is 18.3 Å². The topological polar surface area (TPSA) is 86.2 Å². The van der Waals surface area contributed by atoms with Gasteiger partial charge in [-0.05, 0) is 24.8 Å². The predicted molar refractivity (Wildman–Crippen MR) is 62.3 cm³/mol. The van der Waals surface area contributed by atoms with Crippen molar-refractivity contribution in [2.75, 3.05) is 18.9 Å². The number of anilines is 1. The Hall–Kier alpha value is -1.17. The maximum Gasteiger partial charge on any atom is 0.128 e. The summed E-state index contributed by atoms with van der Waals surface area (Å²) in [5.41, 5.74) is 9.70. The van der Waals surface area contributed by atoms with Crippen LogP contribution < -0.4 is 17.0 Å². The molecule has 0 radical (unpaired) electrons. The molecule has 1 aromatic rings. The minimum absolute atomic E-state index is 0.0672. The lowest BCUT2D eigenvalue weighted by Crippen LogP contribution is -2.36. The second-order valence-electron chi connectivity index (χ2n) is 4.07. The van der Waals surface area contributed by atoms with Crippen molar-refractivity contribution in [2.24, 2.45) is 11.8 Å². The van der Waals surface area contributed by atoms with E-state index in [2.05, 4.69) is 10.4 Å². The van der Waals surface area contributed by atoms with E-state index in [9.17, 15) is 0 Å². The molecule has 1 atom stereocenters. The lowest BCUT2D eigenvalue weighted by molar-refractivity contribution is 0.0537. The third-order valence-electron chi connectivity index (χ3n) is 3.12. The average molecular weight is 222 g/mol. The van der Waals surface area contributed by atoms with E-state index in [1.165, 1.54) is 0 Å². The average Bonchev–Trinajstić information content (AvgIpc) is 2.34. The molecule has 2 rings (SSSR count). The van der Waals surface area contributed by atoms with Crippen molar-refractivity contribution >= 4 is 5.82 Å². The van der Waals surface area contributed by atoms with Crippen molar-refractivity contribution in [3.63, 3.8) is 0 Å². The van der Waals surface area contributed by atoms with Crippen LogP contribution in [0.2, 0.25) is 0 Å². The molecular formula is C11H18N4O. The molecule has 16 heavy (non-hydrogen) atoms. The Kier molecular flexibility index (Phi) is 3.71. The van der Waals surface area contributed by atoms with Crippen molar-refractivity contribution in [2.45, 2.75) is 18.9 Å². The molecule has 1 aromatic heterocycles. The Balaban J connectivity index is 2.18. The monoisotopic (exact) mass is 222 g/mol. The smallest absolute Gasteiger partial charge is 0.128 e. The molecule has 0 aliphatic carbocycles. The molecule has 1 unspecified atom stereocenters. The Morgan fingerprint density at radius 2 is 2.19 bits per heavy atom. The van der Waals surface area contributed by atoms with Crippen LogP contribution in [0.4, 0.5) is 5.82 Å². The van der Waals surface area contributed by atoms with Crippen LogP contribution in [-0.4, -0.2) is 18.2 Å². The minimum atomic E-state index is 0.0672. The standard InChI is InChI=1S/C11H18N4O/c12-11-9(2-1-5-14-11)10(15-13)8-3-6-16-7-4-8/h1-2,5,8,10,15H,3-4,6-7,13H2,(H2,12,14). The molecule has 0 aromatic carbocycles. The van der Waals surface area contributed by atoms with Crippen LogP contribution in [0.3, 0.4) is 0 Å². The van der Waals surface area contributed by atoms with E-state index in [-0.39, 0.29) is 6.04 Å². The van der Waals surface area contributed by atoms with E-state index in [0.717, 1.165) is 31.6 Å². The van der Waals surface area contributed by atoms with Gasteiger partial charge < -0.3 is 10.5 Å². The largest absolute Gasteiger partial charge is 0.383 e. The van der Waals surface area contributed by atoms with Crippen molar-refractivity contribution in [1.82, 2.24) is 10.4 Å². The number of ether oxygens (including phenoxy) is 1. The number of nitrogens with one attached hydrogen (secondary N) is 1. The summed E-state index contributed by atoms with van der Waals surface area (Å²) in [7, 11) is 0. The molecular weight excluding hydrogens is 204 g/mol. The van der Waals surface area contributed by atoms with Gasteiger partial charge in [0.1, 0.15) is 5.82 Å². The SMILES string of the molecule is NNC(c1cccnc1N)C1CCOCC1. The van der Waals surface area contributed by atoms with Crippen molar-refractivity contribution < 1.29 is 4.74 Å². The predicted octanol–water partition coefficient (Wildman–Crippen LogP) is 0.595.